The fourth-order valence-corrected chi connectivity index (χ4v) is 2.23. The largest absolute Gasteiger partial charge is 0.371 e. The number of β-amino-alcohol motifs (C(OH)–C–C–N with tert-alkyl or cyclic N) is 1. The van der Waals surface area contributed by atoms with Gasteiger partial charge in [-0.2, -0.15) is 0 Å². The zero-order valence-corrected chi connectivity index (χ0v) is 11.9. The average molecular weight is 267 g/mol. The molecule has 0 spiro atoms. The van der Waals surface area contributed by atoms with E-state index < -0.39 is 6.23 Å². The van der Waals surface area contributed by atoms with Gasteiger partial charge < -0.3 is 14.5 Å². The summed E-state index contributed by atoms with van der Waals surface area (Å²) in [5.41, 5.74) is -0.0924. The number of likely N-dealkylation sites (N-methyl/N-ethyl adjacent to an activating group) is 1. The Hall–Kier alpha value is -1.56. The van der Waals surface area contributed by atoms with Crippen LogP contribution in [-0.4, -0.2) is 41.0 Å². The molecule has 1 saturated heterocycles. The predicted molar refractivity (Wildman–Crippen MR) is 70.9 cm³/mol. The molecule has 1 fully saturated rings. The molecule has 1 aromatic heterocycles. The van der Waals surface area contributed by atoms with Crippen LogP contribution in [0.1, 0.15) is 39.4 Å². The monoisotopic (exact) mass is 267 g/mol. The first-order valence-electron chi connectivity index (χ1n) is 6.62. The van der Waals surface area contributed by atoms with Crippen molar-refractivity contribution in [3.8, 4) is 0 Å². The number of hydrogen-bond donors (Lipinski definition) is 1. The molecule has 2 rings (SSSR count). The van der Waals surface area contributed by atoms with Crippen LogP contribution in [0.3, 0.4) is 0 Å². The van der Waals surface area contributed by atoms with Crippen molar-refractivity contribution in [2.45, 2.75) is 45.3 Å². The standard InChI is InChI=1S/C13H21N3O3/c1-5-13(3,6-2)9-7-10(14-19-9)16-11(17)8-15(4)12(16)18/h7,11,17H,5-6,8H2,1-4H3. The SMILES string of the molecule is CCC(C)(CC)c1cc(N2C(=O)N(C)CC2O)no1. The van der Waals surface area contributed by atoms with Gasteiger partial charge in [-0.3, -0.25) is 0 Å². The maximum atomic E-state index is 11.9. The maximum absolute atomic E-state index is 11.9. The molecule has 0 aromatic carbocycles. The molecule has 106 valence electrons. The smallest absolute Gasteiger partial charge is 0.327 e. The Bertz CT molecular complexity index is 467. The van der Waals surface area contributed by atoms with Gasteiger partial charge in [-0.25, -0.2) is 9.69 Å². The molecular weight excluding hydrogens is 246 g/mol. The minimum Gasteiger partial charge on any atom is -0.371 e. The summed E-state index contributed by atoms with van der Waals surface area (Å²) in [6, 6.07) is 1.50. The van der Waals surface area contributed by atoms with Gasteiger partial charge in [-0.05, 0) is 12.8 Å². The van der Waals surface area contributed by atoms with Gasteiger partial charge in [0.2, 0.25) is 0 Å². The second-order valence-electron chi connectivity index (χ2n) is 5.33. The molecule has 2 heterocycles. The Morgan fingerprint density at radius 2 is 2.16 bits per heavy atom. The highest BCUT2D eigenvalue weighted by Gasteiger charge is 2.38. The van der Waals surface area contributed by atoms with Crippen molar-refractivity contribution < 1.29 is 14.4 Å². The van der Waals surface area contributed by atoms with Gasteiger partial charge in [0.05, 0.1) is 6.54 Å². The fraction of sp³-hybridized carbons (Fsp3) is 0.692. The Labute approximate surface area is 113 Å². The van der Waals surface area contributed by atoms with Gasteiger partial charge in [-0.1, -0.05) is 25.9 Å². The quantitative estimate of drug-likeness (QED) is 0.905. The lowest BCUT2D eigenvalue weighted by molar-refractivity contribution is 0.182. The normalized spacial score (nSPS) is 20.5. The molecule has 0 bridgehead atoms. The number of amides is 2. The van der Waals surface area contributed by atoms with Gasteiger partial charge in [0.25, 0.3) is 0 Å². The summed E-state index contributed by atoms with van der Waals surface area (Å²) in [5.74, 6) is 1.13. The lowest BCUT2D eigenvalue weighted by atomic mass is 9.82. The van der Waals surface area contributed by atoms with Gasteiger partial charge in [0.15, 0.2) is 12.0 Å². The summed E-state index contributed by atoms with van der Waals surface area (Å²) in [4.78, 5) is 14.6. The van der Waals surface area contributed by atoms with E-state index in [9.17, 15) is 9.90 Å². The fourth-order valence-electron chi connectivity index (χ4n) is 2.23. The summed E-state index contributed by atoms with van der Waals surface area (Å²) in [6.07, 6.45) is 0.980. The maximum Gasteiger partial charge on any atom is 0.327 e. The molecule has 1 aliphatic heterocycles. The number of carbonyl (C=O) groups excluding carboxylic acids is 1. The first-order chi connectivity index (χ1) is 8.92. The second-order valence-corrected chi connectivity index (χ2v) is 5.33. The van der Waals surface area contributed by atoms with Crippen LogP contribution in [0.25, 0.3) is 0 Å². The van der Waals surface area contributed by atoms with E-state index in [2.05, 4.69) is 25.9 Å². The molecule has 1 unspecified atom stereocenters. The third-order valence-electron chi connectivity index (χ3n) is 4.17. The van der Waals surface area contributed by atoms with E-state index in [4.69, 9.17) is 4.52 Å². The first-order valence-corrected chi connectivity index (χ1v) is 6.62. The average Bonchev–Trinajstić information content (AvgIpc) is 2.95. The number of carbonyl (C=O) groups is 1. The number of hydrogen-bond acceptors (Lipinski definition) is 4. The molecule has 0 radical (unpaired) electrons. The lowest BCUT2D eigenvalue weighted by Crippen LogP contribution is -2.34. The number of rotatable bonds is 4. The molecule has 6 nitrogen and oxygen atoms in total. The molecular formula is C13H21N3O3. The number of aromatic nitrogens is 1. The van der Waals surface area contributed by atoms with Crippen LogP contribution in [0.4, 0.5) is 10.6 Å². The zero-order valence-electron chi connectivity index (χ0n) is 11.9. The van der Waals surface area contributed by atoms with Gasteiger partial charge in [0.1, 0.15) is 5.76 Å². The summed E-state index contributed by atoms with van der Waals surface area (Å²) in [7, 11) is 1.65. The van der Waals surface area contributed by atoms with Crippen molar-refractivity contribution in [3.63, 3.8) is 0 Å². The van der Waals surface area contributed by atoms with Crippen LogP contribution >= 0.6 is 0 Å². The molecule has 1 aliphatic rings. The highest BCUT2D eigenvalue weighted by molar-refractivity contribution is 5.93. The number of aliphatic hydroxyl groups excluding tert-OH is 1. The van der Waals surface area contributed by atoms with Crippen molar-refractivity contribution in [3.05, 3.63) is 11.8 Å². The van der Waals surface area contributed by atoms with E-state index >= 15 is 0 Å². The summed E-state index contributed by atoms with van der Waals surface area (Å²) in [5, 5.41) is 13.8. The van der Waals surface area contributed by atoms with Gasteiger partial charge in [0, 0.05) is 18.5 Å². The molecule has 1 N–H and O–H groups in total. The minimum absolute atomic E-state index is 0.0924. The molecule has 0 saturated carbocycles. The van der Waals surface area contributed by atoms with Crippen molar-refractivity contribution >= 4 is 11.8 Å². The van der Waals surface area contributed by atoms with E-state index in [0.717, 1.165) is 18.6 Å². The van der Waals surface area contributed by atoms with E-state index in [1.54, 1.807) is 13.1 Å². The van der Waals surface area contributed by atoms with Crippen molar-refractivity contribution in [1.29, 1.82) is 0 Å². The highest BCUT2D eigenvalue weighted by atomic mass is 16.5. The molecule has 0 aliphatic carbocycles. The third kappa shape index (κ3) is 2.20. The van der Waals surface area contributed by atoms with Crippen molar-refractivity contribution in [1.82, 2.24) is 10.1 Å². The molecule has 6 heteroatoms. The Morgan fingerprint density at radius 3 is 2.63 bits per heavy atom. The molecule has 1 aromatic rings. The summed E-state index contributed by atoms with van der Waals surface area (Å²) in [6.45, 7) is 6.57. The predicted octanol–water partition coefficient (Wildman–Crippen LogP) is 1.94. The molecule has 19 heavy (non-hydrogen) atoms. The van der Waals surface area contributed by atoms with Crippen LogP contribution < -0.4 is 4.90 Å². The summed E-state index contributed by atoms with van der Waals surface area (Å²) >= 11 is 0. The lowest BCUT2D eigenvalue weighted by Gasteiger charge is -2.22. The van der Waals surface area contributed by atoms with E-state index in [-0.39, 0.29) is 18.0 Å². The van der Waals surface area contributed by atoms with E-state index in [1.165, 1.54) is 9.80 Å². The number of aliphatic hydroxyl groups is 1. The van der Waals surface area contributed by atoms with E-state index in [1.807, 2.05) is 0 Å². The van der Waals surface area contributed by atoms with Crippen LogP contribution in [0.15, 0.2) is 10.6 Å². The molecule has 1 atom stereocenters. The van der Waals surface area contributed by atoms with Crippen molar-refractivity contribution in [2.24, 2.45) is 0 Å². The number of anilines is 1. The number of urea groups is 1. The van der Waals surface area contributed by atoms with Crippen LogP contribution in [-0.2, 0) is 5.41 Å². The first kappa shape index (κ1) is 13.9. The van der Waals surface area contributed by atoms with Crippen LogP contribution in [0, 0.1) is 0 Å². The van der Waals surface area contributed by atoms with E-state index in [0.29, 0.717) is 5.82 Å². The van der Waals surface area contributed by atoms with Gasteiger partial charge in [-0.15, -0.1) is 0 Å². The zero-order chi connectivity index (χ0) is 14.2. The van der Waals surface area contributed by atoms with Crippen LogP contribution in [0.5, 0.6) is 0 Å². The van der Waals surface area contributed by atoms with Crippen LogP contribution in [0.2, 0.25) is 0 Å². The van der Waals surface area contributed by atoms with Crippen molar-refractivity contribution in [2.75, 3.05) is 18.5 Å². The topological polar surface area (TPSA) is 69.8 Å². The second kappa shape index (κ2) is 4.85. The third-order valence-corrected chi connectivity index (χ3v) is 4.17. The Balaban J connectivity index is 2.29. The molecule has 2 amide bonds. The summed E-state index contributed by atoms with van der Waals surface area (Å²) < 4.78 is 5.38. The Kier molecular flexibility index (Phi) is 3.54. The minimum atomic E-state index is -0.870. The number of nitrogens with zero attached hydrogens (tertiary/aromatic N) is 3. The van der Waals surface area contributed by atoms with Gasteiger partial charge >= 0.3 is 6.03 Å². The highest BCUT2D eigenvalue weighted by Crippen LogP contribution is 2.34. The Morgan fingerprint density at radius 1 is 1.53 bits per heavy atom.